The summed E-state index contributed by atoms with van der Waals surface area (Å²) in [5, 5.41) is 12.7. The second-order valence-corrected chi connectivity index (χ2v) is 8.38. The molecule has 1 saturated carbocycles. The molecule has 30 heavy (non-hydrogen) atoms. The highest BCUT2D eigenvalue weighted by molar-refractivity contribution is 5.99. The van der Waals surface area contributed by atoms with Gasteiger partial charge in [-0.2, -0.15) is 0 Å². The molecule has 0 spiro atoms. The number of nitrogens with zero attached hydrogens (tertiary/aromatic N) is 1. The van der Waals surface area contributed by atoms with Crippen LogP contribution in [-0.4, -0.2) is 41.0 Å². The van der Waals surface area contributed by atoms with Gasteiger partial charge in [0.15, 0.2) is 0 Å². The van der Waals surface area contributed by atoms with E-state index in [-0.39, 0.29) is 17.5 Å². The number of benzene rings is 2. The topological polar surface area (TPSA) is 69.6 Å². The van der Waals surface area contributed by atoms with E-state index in [4.69, 9.17) is 0 Å². The Bertz CT molecular complexity index is 1030. The van der Waals surface area contributed by atoms with E-state index < -0.39 is 17.8 Å². The van der Waals surface area contributed by atoms with Crippen molar-refractivity contribution in [2.75, 3.05) is 7.05 Å². The summed E-state index contributed by atoms with van der Waals surface area (Å²) in [6.07, 6.45) is 2.54. The van der Waals surface area contributed by atoms with Gasteiger partial charge in [-0.25, -0.2) is 4.39 Å². The molecule has 0 radical (unpaired) electrons. The summed E-state index contributed by atoms with van der Waals surface area (Å²) in [5.41, 5.74) is 5.62. The zero-order valence-electron chi connectivity index (χ0n) is 17.6. The van der Waals surface area contributed by atoms with Crippen LogP contribution in [0.1, 0.15) is 67.8 Å². The van der Waals surface area contributed by atoms with Crippen LogP contribution in [0.25, 0.3) is 0 Å². The SMILES string of the molecule is CNC(=O)c1ccc(Cc2cc3c(c(C)c2C)CN(C2CCCC2O)C3=O)cc1F. The zero-order valence-corrected chi connectivity index (χ0v) is 17.6. The van der Waals surface area contributed by atoms with Gasteiger partial charge in [0.2, 0.25) is 0 Å². The highest BCUT2D eigenvalue weighted by atomic mass is 19.1. The molecule has 0 bridgehead atoms. The lowest BCUT2D eigenvalue weighted by atomic mass is 9.91. The van der Waals surface area contributed by atoms with Crippen molar-refractivity contribution in [2.45, 2.75) is 58.2 Å². The average molecular weight is 410 g/mol. The van der Waals surface area contributed by atoms with Crippen LogP contribution in [0.4, 0.5) is 4.39 Å². The molecule has 2 unspecified atom stereocenters. The summed E-state index contributed by atoms with van der Waals surface area (Å²) in [6, 6.07) is 6.44. The normalized spacial score (nSPS) is 20.6. The number of halogens is 1. The smallest absolute Gasteiger partial charge is 0.254 e. The molecule has 0 aromatic heterocycles. The molecule has 2 amide bonds. The number of hydrogen-bond acceptors (Lipinski definition) is 3. The lowest BCUT2D eigenvalue weighted by Crippen LogP contribution is -2.40. The van der Waals surface area contributed by atoms with Crippen molar-refractivity contribution in [1.29, 1.82) is 0 Å². The first-order valence-electron chi connectivity index (χ1n) is 10.4. The van der Waals surface area contributed by atoms with Crippen LogP contribution in [-0.2, 0) is 13.0 Å². The predicted octanol–water partition coefficient (Wildman–Crippen LogP) is 3.26. The number of hydrogen-bond donors (Lipinski definition) is 2. The molecule has 1 fully saturated rings. The molecule has 2 aliphatic rings. The molecule has 2 aromatic carbocycles. The minimum atomic E-state index is -0.556. The van der Waals surface area contributed by atoms with Crippen LogP contribution in [0.15, 0.2) is 24.3 Å². The number of fused-ring (bicyclic) bond motifs is 1. The standard InChI is InChI=1S/C24H27FN2O3/c1-13-14(2)19-12-27(21-5-4-6-22(21)28)24(30)18(19)11-16(13)9-15-7-8-17(20(25)10-15)23(29)26-3/h7-8,10-11,21-22,28H,4-6,9,12H2,1-3H3,(H,26,29). The van der Waals surface area contributed by atoms with Crippen molar-refractivity contribution in [3.8, 4) is 0 Å². The number of carbonyl (C=O) groups excluding carboxylic acids is 2. The zero-order chi connectivity index (χ0) is 21.6. The van der Waals surface area contributed by atoms with Gasteiger partial charge >= 0.3 is 0 Å². The first-order chi connectivity index (χ1) is 14.3. The van der Waals surface area contributed by atoms with Gasteiger partial charge in [0.1, 0.15) is 5.82 Å². The van der Waals surface area contributed by atoms with Gasteiger partial charge in [-0.05, 0) is 85.5 Å². The molecule has 0 saturated heterocycles. The molecule has 5 nitrogen and oxygen atoms in total. The minimum absolute atomic E-state index is 0.0176. The van der Waals surface area contributed by atoms with Crippen molar-refractivity contribution in [2.24, 2.45) is 0 Å². The van der Waals surface area contributed by atoms with Crippen molar-refractivity contribution in [3.05, 3.63) is 69.0 Å². The maximum absolute atomic E-state index is 14.4. The molecule has 2 N–H and O–H groups in total. The Kier molecular flexibility index (Phi) is 5.36. The van der Waals surface area contributed by atoms with E-state index in [1.54, 1.807) is 6.07 Å². The number of aliphatic hydroxyl groups is 1. The summed E-state index contributed by atoms with van der Waals surface area (Å²) in [6.45, 7) is 4.59. The van der Waals surface area contributed by atoms with Crippen molar-refractivity contribution < 1.29 is 19.1 Å². The van der Waals surface area contributed by atoms with E-state index in [1.807, 2.05) is 24.8 Å². The van der Waals surface area contributed by atoms with Crippen LogP contribution < -0.4 is 5.32 Å². The fourth-order valence-corrected chi connectivity index (χ4v) is 4.77. The van der Waals surface area contributed by atoms with Crippen molar-refractivity contribution in [3.63, 3.8) is 0 Å². The second kappa shape index (κ2) is 7.84. The molecule has 6 heteroatoms. The van der Waals surface area contributed by atoms with Crippen LogP contribution >= 0.6 is 0 Å². The Morgan fingerprint density at radius 1 is 1.23 bits per heavy atom. The number of rotatable bonds is 4. The van der Waals surface area contributed by atoms with Gasteiger partial charge in [-0.3, -0.25) is 9.59 Å². The lowest BCUT2D eigenvalue weighted by Gasteiger charge is -2.26. The molecular weight excluding hydrogens is 383 g/mol. The van der Waals surface area contributed by atoms with E-state index in [0.717, 1.165) is 47.1 Å². The molecular formula is C24H27FN2O3. The fourth-order valence-electron chi connectivity index (χ4n) is 4.77. The highest BCUT2D eigenvalue weighted by Crippen LogP contribution is 2.36. The second-order valence-electron chi connectivity index (χ2n) is 8.38. The minimum Gasteiger partial charge on any atom is -0.391 e. The third kappa shape index (κ3) is 3.39. The molecule has 1 aliphatic carbocycles. The third-order valence-corrected chi connectivity index (χ3v) is 6.70. The Morgan fingerprint density at radius 2 is 2.00 bits per heavy atom. The molecule has 2 atom stereocenters. The predicted molar refractivity (Wildman–Crippen MR) is 112 cm³/mol. The van der Waals surface area contributed by atoms with E-state index >= 15 is 0 Å². The van der Waals surface area contributed by atoms with Crippen LogP contribution in [0, 0.1) is 19.7 Å². The number of carbonyl (C=O) groups is 2. The largest absolute Gasteiger partial charge is 0.391 e. The van der Waals surface area contributed by atoms with Crippen molar-refractivity contribution in [1.82, 2.24) is 10.2 Å². The molecule has 158 valence electrons. The molecule has 2 aromatic rings. The lowest BCUT2D eigenvalue weighted by molar-refractivity contribution is 0.0479. The first-order valence-corrected chi connectivity index (χ1v) is 10.4. The number of nitrogens with one attached hydrogen (secondary N) is 1. The monoisotopic (exact) mass is 410 g/mol. The van der Waals surface area contributed by atoms with Gasteiger partial charge in [-0.1, -0.05) is 6.07 Å². The molecule has 4 rings (SSSR count). The van der Waals surface area contributed by atoms with Gasteiger partial charge in [0, 0.05) is 19.2 Å². The van der Waals surface area contributed by atoms with Gasteiger partial charge in [0.25, 0.3) is 11.8 Å². The summed E-state index contributed by atoms with van der Waals surface area (Å²) in [7, 11) is 1.47. The number of aliphatic hydroxyl groups excluding tert-OH is 1. The van der Waals surface area contributed by atoms with E-state index in [9.17, 15) is 19.1 Å². The Morgan fingerprint density at radius 3 is 2.63 bits per heavy atom. The summed E-state index contributed by atoms with van der Waals surface area (Å²) in [5.74, 6) is -1.04. The van der Waals surface area contributed by atoms with Crippen LogP contribution in [0.3, 0.4) is 0 Å². The van der Waals surface area contributed by atoms with Gasteiger partial charge in [-0.15, -0.1) is 0 Å². The van der Waals surface area contributed by atoms with Crippen molar-refractivity contribution >= 4 is 11.8 Å². The quantitative estimate of drug-likeness (QED) is 0.813. The Balaban J connectivity index is 1.64. The fraction of sp³-hybridized carbons (Fsp3) is 0.417. The maximum Gasteiger partial charge on any atom is 0.254 e. The van der Waals surface area contributed by atoms with E-state index in [0.29, 0.717) is 18.5 Å². The molecule has 1 heterocycles. The van der Waals surface area contributed by atoms with Gasteiger partial charge < -0.3 is 15.3 Å². The van der Waals surface area contributed by atoms with Gasteiger partial charge in [0.05, 0.1) is 17.7 Å². The maximum atomic E-state index is 14.4. The Hall–Kier alpha value is -2.73. The van der Waals surface area contributed by atoms with Crippen LogP contribution in [0.5, 0.6) is 0 Å². The number of amides is 2. The average Bonchev–Trinajstić information content (AvgIpc) is 3.28. The Labute approximate surface area is 175 Å². The summed E-state index contributed by atoms with van der Waals surface area (Å²) >= 11 is 0. The van der Waals surface area contributed by atoms with E-state index in [1.165, 1.54) is 19.2 Å². The van der Waals surface area contributed by atoms with Crippen LogP contribution in [0.2, 0.25) is 0 Å². The summed E-state index contributed by atoms with van der Waals surface area (Å²) < 4.78 is 14.4. The van der Waals surface area contributed by atoms with E-state index in [2.05, 4.69) is 5.32 Å². The summed E-state index contributed by atoms with van der Waals surface area (Å²) in [4.78, 5) is 26.6. The first kappa shape index (κ1) is 20.5. The third-order valence-electron chi connectivity index (χ3n) is 6.70. The highest BCUT2D eigenvalue weighted by Gasteiger charge is 2.39. The molecule has 1 aliphatic heterocycles.